The number of piperidine rings is 1. The first kappa shape index (κ1) is 16.2. The van der Waals surface area contributed by atoms with Crippen molar-refractivity contribution in [3.8, 4) is 10.8 Å². The first-order valence-corrected chi connectivity index (χ1v) is 9.08. The fourth-order valence-electron chi connectivity index (χ4n) is 2.90. The minimum absolute atomic E-state index is 0.0166. The van der Waals surface area contributed by atoms with E-state index in [1.165, 1.54) is 12.8 Å². The largest absolute Gasteiger partial charge is 0.440 e. The molecule has 1 fully saturated rings. The molecule has 1 aliphatic heterocycles. The molecule has 0 bridgehead atoms. The van der Waals surface area contributed by atoms with Crippen LogP contribution in [-0.2, 0) is 11.2 Å². The Kier molecular flexibility index (Phi) is 5.46. The molecule has 1 aliphatic rings. The summed E-state index contributed by atoms with van der Waals surface area (Å²) >= 11 is 1.58. The Morgan fingerprint density at radius 2 is 2.48 bits per heavy atom. The van der Waals surface area contributed by atoms with Gasteiger partial charge in [-0.15, -0.1) is 11.3 Å². The van der Waals surface area contributed by atoms with Crippen LogP contribution in [0.4, 0.5) is 0 Å². The maximum atomic E-state index is 12.1. The van der Waals surface area contributed by atoms with Crippen LogP contribution in [0.25, 0.3) is 10.8 Å². The van der Waals surface area contributed by atoms with Gasteiger partial charge in [-0.05, 0) is 56.6 Å². The van der Waals surface area contributed by atoms with Gasteiger partial charge in [-0.1, -0.05) is 6.07 Å². The summed E-state index contributed by atoms with van der Waals surface area (Å²) in [5.74, 6) is 2.03. The summed E-state index contributed by atoms with van der Waals surface area (Å²) in [6, 6.07) is 3.93. The number of carbonyl (C=O) groups is 1. The van der Waals surface area contributed by atoms with Gasteiger partial charge in [0.15, 0.2) is 0 Å². The number of aromatic nitrogens is 1. The molecular formula is C17H23N3O2S. The molecule has 6 heteroatoms. The van der Waals surface area contributed by atoms with E-state index in [4.69, 9.17) is 4.42 Å². The van der Waals surface area contributed by atoms with Crippen LogP contribution in [0.3, 0.4) is 0 Å². The lowest BCUT2D eigenvalue weighted by molar-refractivity contribution is -0.120. The van der Waals surface area contributed by atoms with Crippen molar-refractivity contribution >= 4 is 17.2 Å². The monoisotopic (exact) mass is 333 g/mol. The smallest absolute Gasteiger partial charge is 0.236 e. The van der Waals surface area contributed by atoms with E-state index in [0.717, 1.165) is 42.4 Å². The highest BCUT2D eigenvalue weighted by atomic mass is 32.1. The van der Waals surface area contributed by atoms with Gasteiger partial charge in [0, 0.05) is 6.54 Å². The summed E-state index contributed by atoms with van der Waals surface area (Å²) in [4.78, 5) is 17.5. The standard InChI is InChI=1S/C17H23N3O2S/c1-12-14(20-17(22-12)15-5-3-9-23-15)10-16(21)19-8-6-13-4-2-7-18-11-13/h3,5,9,13,18H,2,4,6-8,10-11H2,1H3,(H,19,21). The molecule has 1 amide bonds. The van der Waals surface area contributed by atoms with Crippen molar-refractivity contribution in [1.29, 1.82) is 0 Å². The van der Waals surface area contributed by atoms with Gasteiger partial charge in [-0.3, -0.25) is 4.79 Å². The van der Waals surface area contributed by atoms with Crippen molar-refractivity contribution in [2.75, 3.05) is 19.6 Å². The maximum absolute atomic E-state index is 12.1. The van der Waals surface area contributed by atoms with Crippen LogP contribution < -0.4 is 10.6 Å². The average Bonchev–Trinajstić information content (AvgIpc) is 3.19. The highest BCUT2D eigenvalue weighted by Crippen LogP contribution is 2.26. The van der Waals surface area contributed by atoms with Crippen LogP contribution in [0.5, 0.6) is 0 Å². The lowest BCUT2D eigenvalue weighted by Gasteiger charge is -2.22. The summed E-state index contributed by atoms with van der Waals surface area (Å²) in [6.45, 7) is 4.80. The van der Waals surface area contributed by atoms with Gasteiger partial charge < -0.3 is 15.1 Å². The van der Waals surface area contributed by atoms with Crippen LogP contribution in [0.2, 0.25) is 0 Å². The quantitative estimate of drug-likeness (QED) is 0.853. The third-order valence-electron chi connectivity index (χ3n) is 4.23. The van der Waals surface area contributed by atoms with E-state index in [9.17, 15) is 4.79 Å². The van der Waals surface area contributed by atoms with Crippen molar-refractivity contribution in [3.05, 3.63) is 29.0 Å². The summed E-state index contributed by atoms with van der Waals surface area (Å²) < 4.78 is 5.67. The predicted octanol–water partition coefficient (Wildman–Crippen LogP) is 2.76. The van der Waals surface area contributed by atoms with E-state index < -0.39 is 0 Å². The van der Waals surface area contributed by atoms with Crippen molar-refractivity contribution in [3.63, 3.8) is 0 Å². The Morgan fingerprint density at radius 3 is 3.22 bits per heavy atom. The van der Waals surface area contributed by atoms with Crippen LogP contribution >= 0.6 is 11.3 Å². The molecule has 2 N–H and O–H groups in total. The Morgan fingerprint density at radius 1 is 1.57 bits per heavy atom. The molecule has 23 heavy (non-hydrogen) atoms. The van der Waals surface area contributed by atoms with E-state index in [2.05, 4.69) is 15.6 Å². The van der Waals surface area contributed by atoms with E-state index in [0.29, 0.717) is 11.8 Å². The molecule has 2 aromatic heterocycles. The molecule has 0 spiro atoms. The molecule has 2 aromatic rings. The van der Waals surface area contributed by atoms with Crippen LogP contribution in [0.15, 0.2) is 21.9 Å². The van der Waals surface area contributed by atoms with E-state index >= 15 is 0 Å². The van der Waals surface area contributed by atoms with E-state index in [1.54, 1.807) is 11.3 Å². The third kappa shape index (κ3) is 4.42. The highest BCUT2D eigenvalue weighted by molar-refractivity contribution is 7.13. The zero-order valence-electron chi connectivity index (χ0n) is 13.4. The summed E-state index contributed by atoms with van der Waals surface area (Å²) in [6.07, 6.45) is 3.82. The number of rotatable bonds is 6. The Balaban J connectivity index is 1.48. The lowest BCUT2D eigenvalue weighted by atomic mass is 9.96. The van der Waals surface area contributed by atoms with E-state index in [-0.39, 0.29) is 12.3 Å². The molecule has 5 nitrogen and oxygen atoms in total. The Hall–Kier alpha value is -1.66. The van der Waals surface area contributed by atoms with E-state index in [1.807, 2.05) is 24.4 Å². The molecule has 1 unspecified atom stereocenters. The average molecular weight is 333 g/mol. The highest BCUT2D eigenvalue weighted by Gasteiger charge is 2.16. The van der Waals surface area contributed by atoms with Gasteiger partial charge in [0.05, 0.1) is 17.0 Å². The van der Waals surface area contributed by atoms with Gasteiger partial charge in [0.2, 0.25) is 11.8 Å². The Bertz CT molecular complexity index is 630. The molecule has 3 heterocycles. The minimum Gasteiger partial charge on any atom is -0.440 e. The molecule has 124 valence electrons. The topological polar surface area (TPSA) is 67.2 Å². The number of hydrogen-bond acceptors (Lipinski definition) is 5. The second-order valence-corrected chi connectivity index (χ2v) is 6.97. The van der Waals surface area contributed by atoms with Crippen molar-refractivity contribution < 1.29 is 9.21 Å². The number of aryl methyl sites for hydroxylation is 1. The van der Waals surface area contributed by atoms with Crippen LogP contribution in [0.1, 0.15) is 30.7 Å². The van der Waals surface area contributed by atoms with Crippen molar-refractivity contribution in [1.82, 2.24) is 15.6 Å². The predicted molar refractivity (Wildman–Crippen MR) is 91.5 cm³/mol. The SMILES string of the molecule is Cc1oc(-c2cccs2)nc1CC(=O)NCCC1CCCNC1. The first-order chi connectivity index (χ1) is 11.2. The number of nitrogens with one attached hydrogen (secondary N) is 2. The molecular weight excluding hydrogens is 310 g/mol. The van der Waals surface area contributed by atoms with Crippen LogP contribution in [0, 0.1) is 12.8 Å². The maximum Gasteiger partial charge on any atom is 0.236 e. The number of oxazole rings is 1. The molecule has 1 atom stereocenters. The van der Waals surface area contributed by atoms with Gasteiger partial charge >= 0.3 is 0 Å². The normalized spacial score (nSPS) is 18.0. The lowest BCUT2D eigenvalue weighted by Crippen LogP contribution is -2.33. The fraction of sp³-hybridized carbons (Fsp3) is 0.529. The summed E-state index contributed by atoms with van der Waals surface area (Å²) in [5, 5.41) is 8.39. The molecule has 0 aliphatic carbocycles. The van der Waals surface area contributed by atoms with Gasteiger partial charge in [0.1, 0.15) is 5.76 Å². The molecule has 1 saturated heterocycles. The Labute approximate surface area is 140 Å². The fourth-order valence-corrected chi connectivity index (χ4v) is 3.55. The van der Waals surface area contributed by atoms with Gasteiger partial charge in [-0.25, -0.2) is 4.98 Å². The number of carbonyl (C=O) groups excluding carboxylic acids is 1. The summed E-state index contributed by atoms with van der Waals surface area (Å²) in [5.41, 5.74) is 0.727. The van der Waals surface area contributed by atoms with Crippen molar-refractivity contribution in [2.24, 2.45) is 5.92 Å². The third-order valence-corrected chi connectivity index (χ3v) is 5.08. The van der Waals surface area contributed by atoms with Crippen molar-refractivity contribution in [2.45, 2.75) is 32.6 Å². The first-order valence-electron chi connectivity index (χ1n) is 8.20. The number of nitrogens with zero attached hydrogens (tertiary/aromatic N) is 1. The minimum atomic E-state index is 0.0166. The zero-order chi connectivity index (χ0) is 16.1. The summed E-state index contributed by atoms with van der Waals surface area (Å²) in [7, 11) is 0. The molecule has 0 saturated carbocycles. The molecule has 0 radical (unpaired) electrons. The number of amides is 1. The second-order valence-electron chi connectivity index (χ2n) is 6.03. The zero-order valence-corrected chi connectivity index (χ0v) is 14.2. The number of hydrogen-bond donors (Lipinski definition) is 2. The van der Waals surface area contributed by atoms with Gasteiger partial charge in [0.25, 0.3) is 0 Å². The second kappa shape index (κ2) is 7.75. The number of thiophene rings is 1. The van der Waals surface area contributed by atoms with Gasteiger partial charge in [-0.2, -0.15) is 0 Å². The molecule has 3 rings (SSSR count). The molecule has 0 aromatic carbocycles. The van der Waals surface area contributed by atoms with Crippen LogP contribution in [-0.4, -0.2) is 30.5 Å².